The number of rotatable bonds is 6. The van der Waals surface area contributed by atoms with Gasteiger partial charge in [-0.25, -0.2) is 15.0 Å². The highest BCUT2D eigenvalue weighted by Crippen LogP contribution is 2.33. The van der Waals surface area contributed by atoms with E-state index >= 15 is 0 Å². The maximum absolute atomic E-state index is 6.52. The number of aryl methyl sites for hydroxylation is 1. The Balaban J connectivity index is 1.26. The van der Waals surface area contributed by atoms with E-state index in [1.165, 1.54) is 0 Å². The van der Waals surface area contributed by atoms with Crippen molar-refractivity contribution in [2.45, 2.75) is 51.2 Å². The van der Waals surface area contributed by atoms with Gasteiger partial charge in [0.2, 0.25) is 0 Å². The van der Waals surface area contributed by atoms with E-state index in [9.17, 15) is 0 Å². The van der Waals surface area contributed by atoms with Crippen LogP contribution >= 0.6 is 0 Å². The Bertz CT molecular complexity index is 1050. The second kappa shape index (κ2) is 9.65. The Kier molecular flexibility index (Phi) is 6.29. The van der Waals surface area contributed by atoms with Crippen molar-refractivity contribution in [1.29, 1.82) is 0 Å². The zero-order valence-electron chi connectivity index (χ0n) is 18.5. The average molecular weight is 435 g/mol. The zero-order chi connectivity index (χ0) is 21.8. The molecule has 2 aliphatic rings. The Morgan fingerprint density at radius 3 is 2.62 bits per heavy atom. The van der Waals surface area contributed by atoms with Gasteiger partial charge in [0.1, 0.15) is 23.4 Å². The van der Waals surface area contributed by atoms with Gasteiger partial charge in [0, 0.05) is 55.0 Å². The SMILES string of the molecule is CCc1cc(N[C@H]2CC[C@@H](Oc3cc(N4CCOCC4)cc4nccnc34)CC2)ncn1. The molecule has 3 aromatic rings. The number of morpholine rings is 1. The van der Waals surface area contributed by atoms with Gasteiger partial charge in [-0.05, 0) is 38.2 Å². The molecule has 5 rings (SSSR count). The minimum atomic E-state index is 0.176. The third-order valence-electron chi connectivity index (χ3n) is 6.31. The molecular weight excluding hydrogens is 404 g/mol. The lowest BCUT2D eigenvalue weighted by Gasteiger charge is -2.31. The summed E-state index contributed by atoms with van der Waals surface area (Å²) >= 11 is 0. The van der Waals surface area contributed by atoms with E-state index in [0.29, 0.717) is 6.04 Å². The number of ether oxygens (including phenoxy) is 2. The number of fused-ring (bicyclic) bond motifs is 1. The first kappa shape index (κ1) is 20.9. The van der Waals surface area contributed by atoms with Crippen LogP contribution in [0.2, 0.25) is 0 Å². The maximum atomic E-state index is 6.52. The van der Waals surface area contributed by atoms with Crippen molar-refractivity contribution in [3.63, 3.8) is 0 Å². The fraction of sp³-hybridized carbons (Fsp3) is 0.500. The van der Waals surface area contributed by atoms with E-state index in [2.05, 4.69) is 49.2 Å². The molecule has 8 nitrogen and oxygen atoms in total. The largest absolute Gasteiger partial charge is 0.488 e. The van der Waals surface area contributed by atoms with E-state index in [-0.39, 0.29) is 6.10 Å². The Morgan fingerprint density at radius 2 is 1.81 bits per heavy atom. The first-order valence-electron chi connectivity index (χ1n) is 11.6. The van der Waals surface area contributed by atoms with Crippen molar-refractivity contribution in [2.24, 2.45) is 0 Å². The summed E-state index contributed by atoms with van der Waals surface area (Å²) in [6, 6.07) is 6.68. The normalized spacial score (nSPS) is 21.5. The van der Waals surface area contributed by atoms with Crippen LogP contribution in [0, 0.1) is 0 Å². The van der Waals surface area contributed by atoms with Crippen molar-refractivity contribution in [2.75, 3.05) is 36.5 Å². The molecule has 1 aliphatic heterocycles. The summed E-state index contributed by atoms with van der Waals surface area (Å²) in [6.07, 6.45) is 10.3. The minimum Gasteiger partial charge on any atom is -0.488 e. The third kappa shape index (κ3) is 4.75. The smallest absolute Gasteiger partial charge is 0.149 e. The standard InChI is InChI=1S/C24H30N6O2/c1-2-17-13-23(28-16-27-17)29-18-3-5-20(6-4-18)32-22-15-19(30-9-11-31-12-10-30)14-21-24(22)26-8-7-25-21/h7-8,13-16,18,20H,2-6,9-12H2,1H3,(H,27,28,29)/t18-,20+. The number of hydrogen-bond acceptors (Lipinski definition) is 8. The van der Waals surface area contributed by atoms with Crippen molar-refractivity contribution >= 4 is 22.5 Å². The average Bonchev–Trinajstić information content (AvgIpc) is 2.86. The van der Waals surface area contributed by atoms with Crippen LogP contribution in [0.3, 0.4) is 0 Å². The summed E-state index contributed by atoms with van der Waals surface area (Å²) in [5, 5.41) is 3.57. The topological polar surface area (TPSA) is 85.3 Å². The predicted molar refractivity (Wildman–Crippen MR) is 124 cm³/mol. The van der Waals surface area contributed by atoms with Crippen molar-refractivity contribution in [3.8, 4) is 5.75 Å². The molecule has 3 heterocycles. The van der Waals surface area contributed by atoms with Gasteiger partial charge in [0.15, 0.2) is 0 Å². The molecule has 1 aliphatic carbocycles. The fourth-order valence-electron chi connectivity index (χ4n) is 4.51. The van der Waals surface area contributed by atoms with Crippen LogP contribution in [-0.4, -0.2) is 58.4 Å². The van der Waals surface area contributed by atoms with Crippen LogP contribution in [-0.2, 0) is 11.2 Å². The summed E-state index contributed by atoms with van der Waals surface area (Å²) in [6.45, 7) is 5.36. The fourth-order valence-corrected chi connectivity index (χ4v) is 4.51. The van der Waals surface area contributed by atoms with E-state index in [1.807, 2.05) is 6.07 Å². The molecule has 1 saturated carbocycles. The van der Waals surface area contributed by atoms with Gasteiger partial charge in [0.25, 0.3) is 0 Å². The van der Waals surface area contributed by atoms with Crippen LogP contribution < -0.4 is 15.0 Å². The molecular formula is C24H30N6O2. The van der Waals surface area contributed by atoms with Gasteiger partial charge in [-0.2, -0.15) is 0 Å². The first-order valence-corrected chi connectivity index (χ1v) is 11.6. The van der Waals surface area contributed by atoms with Crippen LogP contribution in [0.5, 0.6) is 5.75 Å². The third-order valence-corrected chi connectivity index (χ3v) is 6.31. The van der Waals surface area contributed by atoms with E-state index < -0.39 is 0 Å². The summed E-state index contributed by atoms with van der Waals surface area (Å²) in [5.74, 6) is 1.75. The number of aromatic nitrogens is 4. The molecule has 8 heteroatoms. The monoisotopic (exact) mass is 434 g/mol. The molecule has 2 aromatic heterocycles. The summed E-state index contributed by atoms with van der Waals surface area (Å²) in [4.78, 5) is 20.1. The lowest BCUT2D eigenvalue weighted by Crippen LogP contribution is -2.36. The van der Waals surface area contributed by atoms with Gasteiger partial charge in [-0.1, -0.05) is 6.92 Å². The van der Waals surface area contributed by atoms with Gasteiger partial charge in [-0.15, -0.1) is 0 Å². The van der Waals surface area contributed by atoms with Crippen LogP contribution in [0.1, 0.15) is 38.3 Å². The molecule has 32 heavy (non-hydrogen) atoms. The summed E-state index contributed by atoms with van der Waals surface area (Å²) < 4.78 is 12.0. The summed E-state index contributed by atoms with van der Waals surface area (Å²) in [7, 11) is 0. The lowest BCUT2D eigenvalue weighted by atomic mass is 9.93. The Morgan fingerprint density at radius 1 is 1.00 bits per heavy atom. The molecule has 0 bridgehead atoms. The zero-order valence-corrected chi connectivity index (χ0v) is 18.5. The highest BCUT2D eigenvalue weighted by molar-refractivity contribution is 5.85. The number of hydrogen-bond donors (Lipinski definition) is 1. The molecule has 2 fully saturated rings. The van der Waals surface area contributed by atoms with Crippen LogP contribution in [0.25, 0.3) is 11.0 Å². The van der Waals surface area contributed by atoms with Gasteiger partial charge in [0.05, 0.1) is 24.8 Å². The molecule has 1 saturated heterocycles. The van der Waals surface area contributed by atoms with Crippen molar-refractivity contribution < 1.29 is 9.47 Å². The van der Waals surface area contributed by atoms with E-state index in [4.69, 9.17) is 9.47 Å². The number of nitrogens with zero attached hydrogens (tertiary/aromatic N) is 5. The number of nitrogens with one attached hydrogen (secondary N) is 1. The van der Waals surface area contributed by atoms with Gasteiger partial charge >= 0.3 is 0 Å². The molecule has 0 amide bonds. The van der Waals surface area contributed by atoms with E-state index in [0.717, 1.165) is 92.4 Å². The number of anilines is 2. The highest BCUT2D eigenvalue weighted by Gasteiger charge is 2.24. The molecule has 1 aromatic carbocycles. The minimum absolute atomic E-state index is 0.176. The van der Waals surface area contributed by atoms with Crippen LogP contribution in [0.15, 0.2) is 36.9 Å². The van der Waals surface area contributed by atoms with Crippen molar-refractivity contribution in [1.82, 2.24) is 19.9 Å². The van der Waals surface area contributed by atoms with Gasteiger partial charge in [-0.3, -0.25) is 4.98 Å². The Labute approximate surface area is 188 Å². The Hall–Kier alpha value is -3.00. The predicted octanol–water partition coefficient (Wildman–Crippen LogP) is 3.62. The first-order chi connectivity index (χ1) is 15.8. The second-order valence-electron chi connectivity index (χ2n) is 8.45. The van der Waals surface area contributed by atoms with Crippen molar-refractivity contribution in [3.05, 3.63) is 42.6 Å². The quantitative estimate of drug-likeness (QED) is 0.630. The molecule has 0 spiro atoms. The molecule has 0 atom stereocenters. The maximum Gasteiger partial charge on any atom is 0.149 e. The second-order valence-corrected chi connectivity index (χ2v) is 8.45. The van der Waals surface area contributed by atoms with Gasteiger partial charge < -0.3 is 19.7 Å². The number of benzene rings is 1. The molecule has 0 unspecified atom stereocenters. The molecule has 168 valence electrons. The molecule has 0 radical (unpaired) electrons. The highest BCUT2D eigenvalue weighted by atomic mass is 16.5. The lowest BCUT2D eigenvalue weighted by molar-refractivity contribution is 0.122. The molecule has 1 N–H and O–H groups in total. The van der Waals surface area contributed by atoms with E-state index in [1.54, 1.807) is 18.7 Å². The van der Waals surface area contributed by atoms with Crippen LogP contribution in [0.4, 0.5) is 11.5 Å². The summed E-state index contributed by atoms with van der Waals surface area (Å²) in [5.41, 5.74) is 3.89.